The molecule has 0 radical (unpaired) electrons. The number of ether oxygens (including phenoxy) is 4. The van der Waals surface area contributed by atoms with E-state index in [1.165, 1.54) is 38.5 Å². The Morgan fingerprint density at radius 3 is 2.00 bits per heavy atom. The minimum absolute atomic E-state index is 0.0451. The Morgan fingerprint density at radius 2 is 1.40 bits per heavy atom. The highest BCUT2D eigenvalue weighted by Crippen LogP contribution is 2.62. The van der Waals surface area contributed by atoms with Gasteiger partial charge in [-0.05, 0) is 118 Å². The van der Waals surface area contributed by atoms with E-state index < -0.39 is 0 Å². The first-order valence-corrected chi connectivity index (χ1v) is 14.0. The molecule has 35 heavy (non-hydrogen) atoms. The van der Waals surface area contributed by atoms with Crippen LogP contribution in [0.1, 0.15) is 77.6 Å². The quantitative estimate of drug-likeness (QED) is 0.186. The van der Waals surface area contributed by atoms with Gasteiger partial charge in [-0.25, -0.2) is 4.79 Å². The molecule has 0 saturated heterocycles. The second-order valence-corrected chi connectivity index (χ2v) is 13.3. The van der Waals surface area contributed by atoms with Crippen molar-refractivity contribution in [2.24, 2.45) is 46.3 Å². The van der Waals surface area contributed by atoms with E-state index in [2.05, 4.69) is 6.58 Å². The third-order valence-electron chi connectivity index (χ3n) is 10.4. The number of carbonyl (C=O) groups is 2. The van der Waals surface area contributed by atoms with E-state index in [4.69, 9.17) is 18.9 Å². The van der Waals surface area contributed by atoms with Crippen molar-refractivity contribution in [2.75, 3.05) is 26.6 Å². The van der Waals surface area contributed by atoms with Crippen LogP contribution in [0.5, 0.6) is 0 Å². The van der Waals surface area contributed by atoms with Crippen molar-refractivity contribution < 1.29 is 28.5 Å². The predicted octanol–water partition coefficient (Wildman–Crippen LogP) is 5.05. The van der Waals surface area contributed by atoms with Gasteiger partial charge in [0.25, 0.3) is 0 Å². The summed E-state index contributed by atoms with van der Waals surface area (Å²) in [6.45, 7) is 6.77. The molecule has 194 valence electrons. The van der Waals surface area contributed by atoms with Crippen LogP contribution in [0.15, 0.2) is 12.2 Å². The Kier molecular flexibility index (Phi) is 6.28. The standard InChI is InChI=1S/C29H42O6/c1-18(2)26(30)34-4-3-33-25-23-8-22-9-24(25)15-29(13-22,14-23)27(31)35-17-32-16-28-10-19-5-20(11-28)7-21(6-19)12-28/h19-25H,1,3-17H2,2H3. The van der Waals surface area contributed by atoms with Crippen molar-refractivity contribution >= 4 is 11.9 Å². The molecule has 0 N–H and O–H groups in total. The van der Waals surface area contributed by atoms with E-state index in [-0.39, 0.29) is 36.9 Å². The molecule has 0 aromatic rings. The van der Waals surface area contributed by atoms with Crippen molar-refractivity contribution in [1.29, 1.82) is 0 Å². The third kappa shape index (κ3) is 4.58. The van der Waals surface area contributed by atoms with E-state index >= 15 is 0 Å². The van der Waals surface area contributed by atoms with Gasteiger partial charge in [0.1, 0.15) is 6.61 Å². The van der Waals surface area contributed by atoms with Crippen LogP contribution in [0.2, 0.25) is 0 Å². The highest BCUT2D eigenvalue weighted by Gasteiger charge is 2.59. The summed E-state index contributed by atoms with van der Waals surface area (Å²) in [6, 6.07) is 0. The van der Waals surface area contributed by atoms with Crippen LogP contribution in [0.3, 0.4) is 0 Å². The zero-order chi connectivity index (χ0) is 24.2. The van der Waals surface area contributed by atoms with E-state index in [0.717, 1.165) is 56.5 Å². The topological polar surface area (TPSA) is 71.1 Å². The zero-order valence-corrected chi connectivity index (χ0v) is 21.3. The van der Waals surface area contributed by atoms with Crippen LogP contribution in [-0.4, -0.2) is 44.7 Å². The van der Waals surface area contributed by atoms with Gasteiger partial charge < -0.3 is 18.9 Å². The normalized spacial score (nSPS) is 44.4. The fourth-order valence-electron chi connectivity index (χ4n) is 9.91. The average Bonchev–Trinajstić information content (AvgIpc) is 2.79. The summed E-state index contributed by atoms with van der Waals surface area (Å²) in [5.41, 5.74) is 0.403. The Bertz CT molecular complexity index is 812. The van der Waals surface area contributed by atoms with Crippen molar-refractivity contribution in [3.8, 4) is 0 Å². The van der Waals surface area contributed by atoms with Gasteiger partial charge in [-0.3, -0.25) is 4.79 Å². The van der Waals surface area contributed by atoms with Crippen molar-refractivity contribution in [1.82, 2.24) is 0 Å². The van der Waals surface area contributed by atoms with Crippen molar-refractivity contribution in [2.45, 2.75) is 83.7 Å². The molecule has 0 amide bonds. The summed E-state index contributed by atoms with van der Waals surface area (Å²) >= 11 is 0. The minimum Gasteiger partial charge on any atom is -0.460 e. The molecule has 0 heterocycles. The molecule has 6 nitrogen and oxygen atoms in total. The molecule has 0 aliphatic heterocycles. The maximum atomic E-state index is 13.3. The molecule has 8 aliphatic carbocycles. The maximum Gasteiger partial charge on any atom is 0.333 e. The minimum atomic E-state index is -0.370. The fraction of sp³-hybridized carbons (Fsp3) is 0.862. The number of hydrogen-bond donors (Lipinski definition) is 0. The van der Waals surface area contributed by atoms with E-state index in [1.807, 2.05) is 0 Å². The van der Waals surface area contributed by atoms with Crippen LogP contribution in [0, 0.1) is 46.3 Å². The average molecular weight is 487 g/mol. The molecule has 0 spiro atoms. The van der Waals surface area contributed by atoms with E-state index in [9.17, 15) is 9.59 Å². The molecule has 2 atom stereocenters. The largest absolute Gasteiger partial charge is 0.460 e. The summed E-state index contributed by atoms with van der Waals surface area (Å²) in [5, 5.41) is 0. The van der Waals surface area contributed by atoms with Crippen molar-refractivity contribution in [3.05, 3.63) is 12.2 Å². The van der Waals surface area contributed by atoms with Crippen LogP contribution in [-0.2, 0) is 28.5 Å². The van der Waals surface area contributed by atoms with Gasteiger partial charge in [-0.2, -0.15) is 0 Å². The SMILES string of the molecule is C=C(C)C(=O)OCCOC1C2CC3CC1CC(C(=O)OCOCC14CC5CC(CC(C5)C1)C4)(C3)C2. The highest BCUT2D eigenvalue weighted by atomic mass is 16.7. The molecule has 8 saturated carbocycles. The molecule has 8 fully saturated rings. The summed E-state index contributed by atoms with van der Waals surface area (Å²) in [5.74, 6) is 3.68. The van der Waals surface area contributed by atoms with Gasteiger partial charge in [-0.1, -0.05) is 6.58 Å². The second kappa shape index (κ2) is 9.16. The first-order valence-electron chi connectivity index (χ1n) is 14.0. The number of hydrogen-bond acceptors (Lipinski definition) is 6. The van der Waals surface area contributed by atoms with Gasteiger partial charge in [0, 0.05) is 5.57 Å². The molecular weight excluding hydrogens is 444 g/mol. The lowest BCUT2D eigenvalue weighted by Crippen LogP contribution is -2.57. The first kappa shape index (κ1) is 24.0. The molecule has 8 bridgehead atoms. The lowest BCUT2D eigenvalue weighted by molar-refractivity contribution is -0.204. The predicted molar refractivity (Wildman–Crippen MR) is 129 cm³/mol. The lowest BCUT2D eigenvalue weighted by atomic mass is 9.48. The Balaban J connectivity index is 0.975. The summed E-state index contributed by atoms with van der Waals surface area (Å²) in [7, 11) is 0. The van der Waals surface area contributed by atoms with Gasteiger partial charge in [0.05, 0.1) is 24.7 Å². The molecule has 8 rings (SSSR count). The lowest BCUT2D eigenvalue weighted by Gasteiger charge is -2.58. The molecule has 8 aliphatic rings. The summed E-state index contributed by atoms with van der Waals surface area (Å²) in [6.07, 6.45) is 13.3. The fourth-order valence-corrected chi connectivity index (χ4v) is 9.91. The molecule has 2 unspecified atom stereocenters. The van der Waals surface area contributed by atoms with Crippen LogP contribution >= 0.6 is 0 Å². The Hall–Kier alpha value is -1.40. The summed E-state index contributed by atoms with van der Waals surface area (Å²) < 4.78 is 23.3. The first-order chi connectivity index (χ1) is 16.8. The molecule has 0 aromatic heterocycles. The number of esters is 2. The van der Waals surface area contributed by atoms with Gasteiger partial charge in [-0.15, -0.1) is 0 Å². The van der Waals surface area contributed by atoms with Crippen LogP contribution in [0.25, 0.3) is 0 Å². The van der Waals surface area contributed by atoms with E-state index in [1.54, 1.807) is 6.92 Å². The third-order valence-corrected chi connectivity index (χ3v) is 10.4. The smallest absolute Gasteiger partial charge is 0.333 e. The van der Waals surface area contributed by atoms with Crippen LogP contribution < -0.4 is 0 Å². The molecule has 6 heteroatoms. The monoisotopic (exact) mass is 486 g/mol. The Morgan fingerprint density at radius 1 is 0.800 bits per heavy atom. The molecular formula is C29H42O6. The maximum absolute atomic E-state index is 13.3. The number of rotatable bonds is 10. The van der Waals surface area contributed by atoms with Crippen molar-refractivity contribution in [3.63, 3.8) is 0 Å². The van der Waals surface area contributed by atoms with Gasteiger partial charge >= 0.3 is 11.9 Å². The zero-order valence-electron chi connectivity index (χ0n) is 21.3. The highest BCUT2D eigenvalue weighted by molar-refractivity contribution is 5.86. The Labute approximate surface area is 209 Å². The van der Waals surface area contributed by atoms with Crippen LogP contribution in [0.4, 0.5) is 0 Å². The van der Waals surface area contributed by atoms with Gasteiger partial charge in [0.2, 0.25) is 0 Å². The summed E-state index contributed by atoms with van der Waals surface area (Å²) in [4.78, 5) is 24.9. The van der Waals surface area contributed by atoms with E-state index in [0.29, 0.717) is 35.3 Å². The molecule has 0 aromatic carbocycles. The number of carbonyl (C=O) groups excluding carboxylic acids is 2. The second-order valence-electron chi connectivity index (χ2n) is 13.3. The van der Waals surface area contributed by atoms with Gasteiger partial charge in [0.15, 0.2) is 6.79 Å².